The van der Waals surface area contributed by atoms with E-state index in [0.29, 0.717) is 32.2 Å². The molecule has 2 rings (SSSR count). The van der Waals surface area contributed by atoms with Gasteiger partial charge < -0.3 is 21.5 Å². The molecule has 1 aliphatic carbocycles. The Morgan fingerprint density at radius 2 is 1.86 bits per heavy atom. The van der Waals surface area contributed by atoms with Gasteiger partial charge in [-0.15, -0.1) is 0 Å². The number of amides is 2. The molecule has 0 aromatic carbocycles. The molecular formula is C14H25LiN2O4. The van der Waals surface area contributed by atoms with E-state index in [-0.39, 0.29) is 38.8 Å². The summed E-state index contributed by atoms with van der Waals surface area (Å²) in [4.78, 5) is 24.9. The minimum Gasteiger partial charge on any atom is -1.00 e. The number of urea groups is 1. The van der Waals surface area contributed by atoms with Gasteiger partial charge in [0.1, 0.15) is 0 Å². The molecule has 1 saturated carbocycles. The van der Waals surface area contributed by atoms with Gasteiger partial charge in [-0.3, -0.25) is 4.79 Å². The Labute approximate surface area is 139 Å². The van der Waals surface area contributed by atoms with Crippen molar-refractivity contribution in [2.45, 2.75) is 44.6 Å². The van der Waals surface area contributed by atoms with Crippen molar-refractivity contribution in [1.82, 2.24) is 10.2 Å². The Morgan fingerprint density at radius 1 is 1.24 bits per heavy atom. The molecule has 1 saturated heterocycles. The number of carbonyl (C=O) groups excluding carboxylic acids is 1. The van der Waals surface area contributed by atoms with E-state index in [0.717, 1.165) is 25.7 Å². The predicted molar refractivity (Wildman–Crippen MR) is 74.7 cm³/mol. The van der Waals surface area contributed by atoms with Crippen molar-refractivity contribution in [3.8, 4) is 0 Å². The summed E-state index contributed by atoms with van der Waals surface area (Å²) in [6, 6.07) is -0.395. The van der Waals surface area contributed by atoms with E-state index in [9.17, 15) is 9.59 Å². The second-order valence-corrected chi connectivity index (χ2v) is 5.65. The monoisotopic (exact) mass is 292 g/mol. The van der Waals surface area contributed by atoms with Gasteiger partial charge in [-0.05, 0) is 18.8 Å². The molecule has 2 N–H and O–H groups in total. The summed E-state index contributed by atoms with van der Waals surface area (Å²) >= 11 is 0. The summed E-state index contributed by atoms with van der Waals surface area (Å²) in [7, 11) is 0. The van der Waals surface area contributed by atoms with E-state index in [4.69, 9.17) is 9.84 Å². The first-order valence-electron chi connectivity index (χ1n) is 7.52. The third-order valence-electron chi connectivity index (χ3n) is 4.22. The van der Waals surface area contributed by atoms with Crippen LogP contribution in [0.4, 0.5) is 4.79 Å². The summed E-state index contributed by atoms with van der Waals surface area (Å²) in [5.41, 5.74) is 0. The molecule has 1 aliphatic heterocycles. The van der Waals surface area contributed by atoms with Crippen LogP contribution in [0.15, 0.2) is 0 Å². The molecule has 0 spiro atoms. The molecule has 21 heavy (non-hydrogen) atoms. The number of ether oxygens (including phenoxy) is 1. The fourth-order valence-corrected chi connectivity index (χ4v) is 3.08. The van der Waals surface area contributed by atoms with Crippen LogP contribution in [0.5, 0.6) is 0 Å². The minimum atomic E-state index is -0.845. The summed E-state index contributed by atoms with van der Waals surface area (Å²) in [5, 5.41) is 12.0. The van der Waals surface area contributed by atoms with Crippen molar-refractivity contribution in [3.63, 3.8) is 0 Å². The fraction of sp³-hybridized carbons (Fsp3) is 0.857. The van der Waals surface area contributed by atoms with Gasteiger partial charge in [0.25, 0.3) is 0 Å². The quantitative estimate of drug-likeness (QED) is 0.623. The molecular weight excluding hydrogens is 267 g/mol. The predicted octanol–water partition coefficient (Wildman–Crippen LogP) is -1.43. The number of carbonyl (C=O) groups is 2. The average Bonchev–Trinajstić information content (AvgIpc) is 2.48. The van der Waals surface area contributed by atoms with Gasteiger partial charge in [-0.2, -0.15) is 0 Å². The van der Waals surface area contributed by atoms with Crippen LogP contribution in [0.1, 0.15) is 40.0 Å². The number of hydrogen-bond acceptors (Lipinski definition) is 3. The van der Waals surface area contributed by atoms with Crippen LogP contribution in [0.25, 0.3) is 0 Å². The number of hydrogen-bond donors (Lipinski definition) is 2. The number of aliphatic carboxylic acids is 1. The summed E-state index contributed by atoms with van der Waals surface area (Å²) in [6.07, 6.45) is 5.53. The minimum absolute atomic E-state index is 0. The molecule has 6 nitrogen and oxygen atoms in total. The van der Waals surface area contributed by atoms with E-state index in [1.54, 1.807) is 4.90 Å². The van der Waals surface area contributed by atoms with Gasteiger partial charge in [0.15, 0.2) is 0 Å². The molecule has 2 aliphatic rings. The summed E-state index contributed by atoms with van der Waals surface area (Å²) in [5.74, 6) is -0.548. The Bertz CT molecular complexity index is 348. The van der Waals surface area contributed by atoms with Gasteiger partial charge in [0.05, 0.1) is 19.6 Å². The second-order valence-electron chi connectivity index (χ2n) is 5.65. The van der Waals surface area contributed by atoms with Gasteiger partial charge in [0, 0.05) is 19.1 Å². The third-order valence-corrected chi connectivity index (χ3v) is 4.22. The first kappa shape index (κ1) is 18.3. The standard InChI is InChI=1S/C14H24N2O4.Li.H/c17-13(18)10-12(11-4-2-1-3-5-11)15-14(19)16-6-8-20-9-7-16;;/h11-12H,1-10H2,(H,15,19)(H,17,18);;/q;+1;-1. The van der Waals surface area contributed by atoms with Gasteiger partial charge in [-0.25, -0.2) is 4.79 Å². The number of carboxylic acids is 1. The zero-order chi connectivity index (χ0) is 14.4. The van der Waals surface area contributed by atoms with E-state index in [1.807, 2.05) is 0 Å². The second kappa shape index (κ2) is 9.34. The van der Waals surface area contributed by atoms with Crippen LogP contribution < -0.4 is 24.2 Å². The number of nitrogens with one attached hydrogen (secondary N) is 1. The summed E-state index contributed by atoms with van der Waals surface area (Å²) in [6.45, 7) is 2.27. The Kier molecular flexibility index (Phi) is 8.16. The first-order chi connectivity index (χ1) is 9.66. The van der Waals surface area contributed by atoms with Crippen LogP contribution in [-0.4, -0.2) is 54.4 Å². The zero-order valence-corrected chi connectivity index (χ0v) is 12.8. The molecule has 7 heteroatoms. The Balaban J connectivity index is 0.00000220. The van der Waals surface area contributed by atoms with E-state index in [1.165, 1.54) is 6.42 Å². The first-order valence-corrected chi connectivity index (χ1v) is 7.52. The smallest absolute Gasteiger partial charge is 1.00 e. The molecule has 2 fully saturated rings. The van der Waals surface area contributed by atoms with Crippen molar-refractivity contribution >= 4 is 12.0 Å². The largest absolute Gasteiger partial charge is 1.00 e. The molecule has 0 aromatic rings. The molecule has 1 heterocycles. The number of rotatable bonds is 4. The van der Waals surface area contributed by atoms with Gasteiger partial charge in [-0.1, -0.05) is 19.3 Å². The topological polar surface area (TPSA) is 78.9 Å². The van der Waals surface area contributed by atoms with Crippen molar-refractivity contribution < 1.29 is 39.7 Å². The van der Waals surface area contributed by atoms with Gasteiger partial charge >= 0.3 is 30.9 Å². The maximum atomic E-state index is 12.2. The molecule has 1 unspecified atom stereocenters. The Hall–Kier alpha value is -0.703. The van der Waals surface area contributed by atoms with Crippen LogP contribution in [-0.2, 0) is 9.53 Å². The SMILES string of the molecule is O=C(O)CC(NC(=O)N1CCOCC1)C1CCCCC1.[H-].[Li+]. The van der Waals surface area contributed by atoms with E-state index >= 15 is 0 Å². The molecule has 116 valence electrons. The van der Waals surface area contributed by atoms with Crippen molar-refractivity contribution in [2.24, 2.45) is 5.92 Å². The molecule has 0 radical (unpaired) electrons. The van der Waals surface area contributed by atoms with Crippen LogP contribution in [0.2, 0.25) is 0 Å². The molecule has 0 aromatic heterocycles. The third kappa shape index (κ3) is 5.89. The Morgan fingerprint density at radius 3 is 2.43 bits per heavy atom. The number of morpholine rings is 1. The van der Waals surface area contributed by atoms with Crippen LogP contribution >= 0.6 is 0 Å². The van der Waals surface area contributed by atoms with Crippen molar-refractivity contribution in [2.75, 3.05) is 26.3 Å². The summed E-state index contributed by atoms with van der Waals surface area (Å²) < 4.78 is 5.22. The zero-order valence-electron chi connectivity index (χ0n) is 13.8. The molecule has 0 bridgehead atoms. The molecule has 2 amide bonds. The average molecular weight is 292 g/mol. The van der Waals surface area contributed by atoms with E-state index in [2.05, 4.69) is 5.32 Å². The molecule has 1 atom stereocenters. The maximum absolute atomic E-state index is 12.2. The number of nitrogens with zero attached hydrogens (tertiary/aromatic N) is 1. The van der Waals surface area contributed by atoms with Crippen molar-refractivity contribution in [1.29, 1.82) is 0 Å². The van der Waals surface area contributed by atoms with Crippen LogP contribution in [0.3, 0.4) is 0 Å². The number of carboxylic acid groups (broad SMARTS) is 1. The normalized spacial score (nSPS) is 21.2. The van der Waals surface area contributed by atoms with E-state index < -0.39 is 5.97 Å². The van der Waals surface area contributed by atoms with Crippen molar-refractivity contribution in [3.05, 3.63) is 0 Å². The van der Waals surface area contributed by atoms with Gasteiger partial charge in [0.2, 0.25) is 0 Å². The maximum Gasteiger partial charge on any atom is 1.00 e. The van der Waals surface area contributed by atoms with Crippen LogP contribution in [0, 0.1) is 5.92 Å². The fourth-order valence-electron chi connectivity index (χ4n) is 3.08.